The number of aromatic nitrogens is 1. The summed E-state index contributed by atoms with van der Waals surface area (Å²) in [5.41, 5.74) is 0.743. The van der Waals surface area contributed by atoms with Crippen molar-refractivity contribution in [3.63, 3.8) is 0 Å². The number of rotatable bonds is 0. The predicted octanol–water partition coefficient (Wildman–Crippen LogP) is 2.79. The van der Waals surface area contributed by atoms with E-state index in [0.29, 0.717) is 11.0 Å². The van der Waals surface area contributed by atoms with Crippen LogP contribution in [0.25, 0.3) is 32.6 Å². The lowest BCUT2D eigenvalue weighted by Crippen LogP contribution is -2.06. The minimum absolute atomic E-state index is 0.121. The molecule has 0 atom stereocenters. The number of fused-ring (bicyclic) bond motifs is 5. The lowest BCUT2D eigenvalue weighted by molar-refractivity contribution is 0.561. The van der Waals surface area contributed by atoms with E-state index in [1.807, 2.05) is 18.2 Å². The lowest BCUT2D eigenvalue weighted by atomic mass is 10.0. The van der Waals surface area contributed by atoms with Gasteiger partial charge >= 0.3 is 5.63 Å². The van der Waals surface area contributed by atoms with Gasteiger partial charge in [0, 0.05) is 27.7 Å². The maximum Gasteiger partial charge on any atom is 0.336 e. The Balaban J connectivity index is 2.41. The summed E-state index contributed by atoms with van der Waals surface area (Å²) in [7, 11) is 0. The molecule has 2 aromatic carbocycles. The molecule has 0 saturated carbocycles. The third kappa shape index (κ3) is 1.42. The molecule has 0 unspecified atom stereocenters. The number of hydrogen-bond acceptors (Lipinski definition) is 3. The molecule has 1 N–H and O–H groups in total. The van der Waals surface area contributed by atoms with Gasteiger partial charge in [0.15, 0.2) is 0 Å². The molecule has 4 nitrogen and oxygen atoms in total. The summed E-state index contributed by atoms with van der Waals surface area (Å²) in [5.74, 6) is 0. The van der Waals surface area contributed by atoms with Crippen LogP contribution in [0.1, 0.15) is 0 Å². The number of hydrogen-bond donors (Lipinski definition) is 1. The topological polar surface area (TPSA) is 63.1 Å². The van der Waals surface area contributed by atoms with Gasteiger partial charge in [0.25, 0.3) is 5.56 Å². The number of pyridine rings is 1. The number of aromatic amines is 1. The van der Waals surface area contributed by atoms with Gasteiger partial charge in [0.05, 0.1) is 0 Å². The molecule has 0 amide bonds. The summed E-state index contributed by atoms with van der Waals surface area (Å²) >= 11 is 0. The van der Waals surface area contributed by atoms with Crippen LogP contribution in [0.4, 0.5) is 0 Å². The largest absolute Gasteiger partial charge is 0.423 e. The molecule has 4 aromatic rings. The van der Waals surface area contributed by atoms with Crippen molar-refractivity contribution in [3.05, 3.63) is 69.3 Å². The third-order valence-electron chi connectivity index (χ3n) is 3.49. The van der Waals surface area contributed by atoms with Gasteiger partial charge in [-0.1, -0.05) is 18.2 Å². The second-order valence-corrected chi connectivity index (χ2v) is 4.65. The number of benzene rings is 2. The Labute approximate surface area is 112 Å². The maximum atomic E-state index is 12.1. The van der Waals surface area contributed by atoms with E-state index in [2.05, 4.69) is 4.98 Å². The molecule has 0 spiro atoms. The van der Waals surface area contributed by atoms with E-state index in [1.54, 1.807) is 24.3 Å². The molecule has 0 aliphatic rings. The highest BCUT2D eigenvalue weighted by atomic mass is 16.4. The average Bonchev–Trinajstić information content (AvgIpc) is 2.47. The molecule has 0 bridgehead atoms. The summed E-state index contributed by atoms with van der Waals surface area (Å²) < 4.78 is 5.20. The Morgan fingerprint density at radius 3 is 2.45 bits per heavy atom. The first-order valence-electron chi connectivity index (χ1n) is 6.22. The third-order valence-corrected chi connectivity index (χ3v) is 3.49. The van der Waals surface area contributed by atoms with Crippen LogP contribution in [0.2, 0.25) is 0 Å². The molecule has 0 fully saturated rings. The molecule has 0 aliphatic carbocycles. The highest BCUT2D eigenvalue weighted by Gasteiger charge is 2.09. The zero-order valence-corrected chi connectivity index (χ0v) is 10.3. The van der Waals surface area contributed by atoms with Gasteiger partial charge in [-0.3, -0.25) is 4.79 Å². The van der Waals surface area contributed by atoms with Gasteiger partial charge < -0.3 is 9.40 Å². The van der Waals surface area contributed by atoms with Crippen molar-refractivity contribution in [1.29, 1.82) is 0 Å². The molecule has 0 aliphatic heterocycles. The standard InChI is InChI=1S/C16H9NO3/c18-14-8-5-11-13(20-14)7-6-12-15(11)9-3-1-2-4-10(9)16(19)17-12/h1-8H,(H,17,19). The van der Waals surface area contributed by atoms with E-state index in [1.165, 1.54) is 6.07 Å². The first-order valence-corrected chi connectivity index (χ1v) is 6.22. The molecule has 4 rings (SSSR count). The van der Waals surface area contributed by atoms with Crippen molar-refractivity contribution in [2.24, 2.45) is 0 Å². The second kappa shape index (κ2) is 3.81. The van der Waals surface area contributed by atoms with Gasteiger partial charge in [0.2, 0.25) is 0 Å². The maximum absolute atomic E-state index is 12.1. The van der Waals surface area contributed by atoms with Gasteiger partial charge in [0.1, 0.15) is 5.58 Å². The van der Waals surface area contributed by atoms with Crippen LogP contribution in [-0.2, 0) is 0 Å². The van der Waals surface area contributed by atoms with E-state index >= 15 is 0 Å². The Morgan fingerprint density at radius 1 is 0.800 bits per heavy atom. The fourth-order valence-corrected chi connectivity index (χ4v) is 2.63. The minimum Gasteiger partial charge on any atom is -0.423 e. The van der Waals surface area contributed by atoms with Crippen LogP contribution in [0.15, 0.2) is 62.5 Å². The normalized spacial score (nSPS) is 11.4. The average molecular weight is 263 g/mol. The smallest absolute Gasteiger partial charge is 0.336 e. The van der Waals surface area contributed by atoms with E-state index < -0.39 is 0 Å². The molecule has 2 heterocycles. The summed E-state index contributed by atoms with van der Waals surface area (Å²) in [5, 5.41) is 3.18. The summed E-state index contributed by atoms with van der Waals surface area (Å²) in [4.78, 5) is 26.2. The Kier molecular flexibility index (Phi) is 2.09. The predicted molar refractivity (Wildman–Crippen MR) is 78.1 cm³/mol. The second-order valence-electron chi connectivity index (χ2n) is 4.65. The molecule has 0 saturated heterocycles. The summed E-state index contributed by atoms with van der Waals surface area (Å²) in [6.45, 7) is 0. The molecule has 20 heavy (non-hydrogen) atoms. The van der Waals surface area contributed by atoms with Crippen molar-refractivity contribution in [2.75, 3.05) is 0 Å². The van der Waals surface area contributed by atoms with E-state index in [9.17, 15) is 9.59 Å². The molecule has 96 valence electrons. The fraction of sp³-hybridized carbons (Fsp3) is 0. The van der Waals surface area contributed by atoms with E-state index in [0.717, 1.165) is 21.7 Å². The van der Waals surface area contributed by atoms with Crippen LogP contribution in [0, 0.1) is 0 Å². The van der Waals surface area contributed by atoms with Crippen LogP contribution < -0.4 is 11.2 Å². The number of H-pyrrole nitrogens is 1. The minimum atomic E-state index is -0.384. The van der Waals surface area contributed by atoms with Crippen molar-refractivity contribution < 1.29 is 4.42 Å². The van der Waals surface area contributed by atoms with Crippen LogP contribution >= 0.6 is 0 Å². The van der Waals surface area contributed by atoms with Gasteiger partial charge in [-0.15, -0.1) is 0 Å². The summed E-state index contributed by atoms with van der Waals surface area (Å²) in [6, 6.07) is 14.0. The Morgan fingerprint density at radius 2 is 1.60 bits per heavy atom. The van der Waals surface area contributed by atoms with E-state index in [-0.39, 0.29) is 11.2 Å². The van der Waals surface area contributed by atoms with Gasteiger partial charge in [-0.25, -0.2) is 4.79 Å². The number of nitrogens with one attached hydrogen (secondary N) is 1. The monoisotopic (exact) mass is 263 g/mol. The zero-order valence-electron chi connectivity index (χ0n) is 10.3. The molecule has 4 heteroatoms. The van der Waals surface area contributed by atoms with Gasteiger partial charge in [-0.2, -0.15) is 0 Å². The van der Waals surface area contributed by atoms with Crippen molar-refractivity contribution in [2.45, 2.75) is 0 Å². The highest BCUT2D eigenvalue weighted by Crippen LogP contribution is 2.28. The van der Waals surface area contributed by atoms with Crippen molar-refractivity contribution in [3.8, 4) is 0 Å². The Hall–Kier alpha value is -2.88. The SMILES string of the molecule is O=c1ccc2c(ccc3[nH]c(=O)c4ccccc4c32)o1. The van der Waals surface area contributed by atoms with Crippen LogP contribution in [0.3, 0.4) is 0 Å². The first kappa shape index (κ1) is 11.0. The fourth-order valence-electron chi connectivity index (χ4n) is 2.63. The molecule has 2 aromatic heterocycles. The molecular formula is C16H9NO3. The van der Waals surface area contributed by atoms with E-state index in [4.69, 9.17) is 4.42 Å². The Bertz CT molecular complexity index is 1090. The quantitative estimate of drug-likeness (QED) is 0.392. The van der Waals surface area contributed by atoms with Crippen LogP contribution in [-0.4, -0.2) is 4.98 Å². The molecule has 0 radical (unpaired) electrons. The lowest BCUT2D eigenvalue weighted by Gasteiger charge is -2.06. The van der Waals surface area contributed by atoms with Crippen molar-refractivity contribution >= 4 is 32.6 Å². The highest BCUT2D eigenvalue weighted by molar-refractivity contribution is 6.17. The first-order chi connectivity index (χ1) is 9.74. The zero-order chi connectivity index (χ0) is 13.7. The van der Waals surface area contributed by atoms with Crippen LogP contribution in [0.5, 0.6) is 0 Å². The summed E-state index contributed by atoms with van der Waals surface area (Å²) in [6.07, 6.45) is 0. The van der Waals surface area contributed by atoms with Gasteiger partial charge in [-0.05, 0) is 29.7 Å². The molecular weight excluding hydrogens is 254 g/mol. The van der Waals surface area contributed by atoms with Crippen molar-refractivity contribution in [1.82, 2.24) is 4.98 Å².